The third-order valence-electron chi connectivity index (χ3n) is 5.35. The Morgan fingerprint density at radius 3 is 2.54 bits per heavy atom. The van der Waals surface area contributed by atoms with Crippen molar-refractivity contribution in [3.05, 3.63) is 95.4 Å². The second kappa shape index (κ2) is 9.60. The van der Waals surface area contributed by atoms with Crippen LogP contribution in [0.5, 0.6) is 5.75 Å². The molecule has 0 radical (unpaired) electrons. The van der Waals surface area contributed by atoms with Gasteiger partial charge in [0.1, 0.15) is 17.4 Å². The Bertz CT molecular complexity index is 1530. The predicted molar refractivity (Wildman–Crippen MR) is 134 cm³/mol. The summed E-state index contributed by atoms with van der Waals surface area (Å²) in [6, 6.07) is 19.9. The average Bonchev–Trinajstić information content (AvgIpc) is 3.32. The molecule has 0 unspecified atom stereocenters. The molecule has 0 saturated carbocycles. The van der Waals surface area contributed by atoms with Crippen molar-refractivity contribution in [3.8, 4) is 28.3 Å². The normalized spacial score (nSPS) is 10.9. The molecule has 5 nitrogen and oxygen atoms in total. The van der Waals surface area contributed by atoms with Crippen LogP contribution in [0.3, 0.4) is 0 Å². The molecule has 35 heavy (non-hydrogen) atoms. The van der Waals surface area contributed by atoms with Gasteiger partial charge in [-0.05, 0) is 55.5 Å². The number of nitrogens with one attached hydrogen (secondary N) is 1. The van der Waals surface area contributed by atoms with Gasteiger partial charge in [-0.15, -0.1) is 11.3 Å². The van der Waals surface area contributed by atoms with Crippen molar-refractivity contribution < 1.29 is 18.3 Å². The maximum Gasteiger partial charge on any atom is 0.258 e. The molecule has 0 bridgehead atoms. The zero-order valence-electron chi connectivity index (χ0n) is 18.6. The monoisotopic (exact) mass is 487 g/mol. The van der Waals surface area contributed by atoms with E-state index < -0.39 is 11.6 Å². The number of carbonyl (C=O) groups is 1. The number of pyridine rings is 1. The number of halogens is 2. The second-order valence-electron chi connectivity index (χ2n) is 7.65. The van der Waals surface area contributed by atoms with E-state index in [9.17, 15) is 13.6 Å². The summed E-state index contributed by atoms with van der Waals surface area (Å²) in [5, 5.41) is 5.41. The summed E-state index contributed by atoms with van der Waals surface area (Å²) < 4.78 is 32.9. The first-order valence-corrected chi connectivity index (χ1v) is 11.7. The van der Waals surface area contributed by atoms with Crippen LogP contribution in [0, 0.1) is 11.6 Å². The van der Waals surface area contributed by atoms with Gasteiger partial charge in [-0.3, -0.25) is 10.1 Å². The van der Waals surface area contributed by atoms with Crippen LogP contribution in [-0.2, 0) is 0 Å². The van der Waals surface area contributed by atoms with Gasteiger partial charge in [0.15, 0.2) is 5.13 Å². The highest BCUT2D eigenvalue weighted by Crippen LogP contribution is 2.30. The van der Waals surface area contributed by atoms with Gasteiger partial charge >= 0.3 is 0 Å². The molecule has 0 aliphatic heterocycles. The molecule has 0 atom stereocenters. The van der Waals surface area contributed by atoms with Gasteiger partial charge in [0.2, 0.25) is 0 Å². The molecule has 174 valence electrons. The number of para-hydroxylation sites is 1. The summed E-state index contributed by atoms with van der Waals surface area (Å²) in [6.45, 7) is 2.50. The van der Waals surface area contributed by atoms with E-state index in [1.807, 2.05) is 55.5 Å². The smallest absolute Gasteiger partial charge is 0.258 e. The molecule has 5 rings (SSSR count). The van der Waals surface area contributed by atoms with E-state index >= 15 is 0 Å². The number of benzene rings is 3. The van der Waals surface area contributed by atoms with E-state index in [-0.39, 0.29) is 11.5 Å². The van der Waals surface area contributed by atoms with Gasteiger partial charge < -0.3 is 4.74 Å². The molecule has 0 fully saturated rings. The third kappa shape index (κ3) is 4.74. The summed E-state index contributed by atoms with van der Waals surface area (Å²) in [5.74, 6) is -0.986. The van der Waals surface area contributed by atoms with Crippen LogP contribution < -0.4 is 10.1 Å². The Kier molecular flexibility index (Phi) is 6.20. The predicted octanol–water partition coefficient (Wildman–Crippen LogP) is 6.95. The number of thiazole rings is 1. The molecule has 8 heteroatoms. The van der Waals surface area contributed by atoms with Crippen LogP contribution in [-0.4, -0.2) is 22.5 Å². The van der Waals surface area contributed by atoms with Crippen LogP contribution in [0.25, 0.3) is 33.4 Å². The van der Waals surface area contributed by atoms with Crippen molar-refractivity contribution in [2.24, 2.45) is 0 Å². The first kappa shape index (κ1) is 22.6. The standard InChI is InChI=1S/C27H19F2N3O2S/c1-2-34-18-10-7-16(8-11-18)24-14-21(19-5-3-4-6-23(19)30-24)26(33)32-27-31-25(15-35-27)20-12-9-17(28)13-22(20)29/h3-15H,2H2,1H3,(H,31,32,33). The van der Waals surface area contributed by atoms with E-state index in [2.05, 4.69) is 10.3 Å². The number of hydrogen-bond acceptors (Lipinski definition) is 5. The number of hydrogen-bond donors (Lipinski definition) is 1. The summed E-state index contributed by atoms with van der Waals surface area (Å²) >= 11 is 1.16. The second-order valence-corrected chi connectivity index (χ2v) is 8.50. The lowest BCUT2D eigenvalue weighted by molar-refractivity contribution is 0.102. The first-order valence-electron chi connectivity index (χ1n) is 10.9. The van der Waals surface area contributed by atoms with Crippen LogP contribution >= 0.6 is 11.3 Å². The molecule has 2 heterocycles. The maximum absolute atomic E-state index is 14.1. The highest BCUT2D eigenvalue weighted by Gasteiger charge is 2.17. The molecule has 1 N–H and O–H groups in total. The fourth-order valence-electron chi connectivity index (χ4n) is 3.72. The summed E-state index contributed by atoms with van der Waals surface area (Å²) in [6.07, 6.45) is 0. The van der Waals surface area contributed by atoms with Crippen molar-refractivity contribution in [1.82, 2.24) is 9.97 Å². The van der Waals surface area contributed by atoms with Crippen LogP contribution in [0.15, 0.2) is 78.2 Å². The number of aromatic nitrogens is 2. The maximum atomic E-state index is 14.1. The van der Waals surface area contributed by atoms with Gasteiger partial charge in [-0.25, -0.2) is 18.7 Å². The fourth-order valence-corrected chi connectivity index (χ4v) is 4.42. The Morgan fingerprint density at radius 2 is 1.77 bits per heavy atom. The number of rotatable bonds is 6. The highest BCUT2D eigenvalue weighted by molar-refractivity contribution is 7.14. The third-order valence-corrected chi connectivity index (χ3v) is 6.11. The number of nitrogens with zero attached hydrogens (tertiary/aromatic N) is 2. The molecule has 0 aliphatic rings. The molecular weight excluding hydrogens is 468 g/mol. The van der Waals surface area contributed by atoms with Crippen molar-refractivity contribution in [2.75, 3.05) is 11.9 Å². The molecule has 5 aromatic rings. The van der Waals surface area contributed by atoms with E-state index in [0.29, 0.717) is 39.6 Å². The Hall–Kier alpha value is -4.17. The number of anilines is 1. The zero-order valence-corrected chi connectivity index (χ0v) is 19.4. The van der Waals surface area contributed by atoms with Crippen LogP contribution in [0.1, 0.15) is 17.3 Å². The van der Waals surface area contributed by atoms with E-state index in [1.54, 1.807) is 11.4 Å². The minimum atomic E-state index is -0.715. The van der Waals surface area contributed by atoms with Gasteiger partial charge in [-0.2, -0.15) is 0 Å². The molecular formula is C27H19F2N3O2S. The SMILES string of the molecule is CCOc1ccc(-c2cc(C(=O)Nc3nc(-c4ccc(F)cc4F)cs3)c3ccccc3n2)cc1. The summed E-state index contributed by atoms with van der Waals surface area (Å²) in [5.41, 5.74) is 3.08. The molecule has 0 spiro atoms. The van der Waals surface area contributed by atoms with Gasteiger partial charge in [0.05, 0.1) is 29.1 Å². The number of ether oxygens (including phenoxy) is 1. The van der Waals surface area contributed by atoms with Crippen LogP contribution in [0.4, 0.5) is 13.9 Å². The fraction of sp³-hybridized carbons (Fsp3) is 0.0741. The van der Waals surface area contributed by atoms with Gasteiger partial charge in [0.25, 0.3) is 5.91 Å². The topological polar surface area (TPSA) is 64.1 Å². The highest BCUT2D eigenvalue weighted by atomic mass is 32.1. The Labute approximate surface area is 204 Å². The van der Waals surface area contributed by atoms with E-state index in [4.69, 9.17) is 9.72 Å². The van der Waals surface area contributed by atoms with Crippen molar-refractivity contribution in [1.29, 1.82) is 0 Å². The van der Waals surface area contributed by atoms with Gasteiger partial charge in [0, 0.05) is 28.0 Å². The van der Waals surface area contributed by atoms with Crippen molar-refractivity contribution >= 4 is 33.3 Å². The molecule has 1 amide bonds. The van der Waals surface area contributed by atoms with Crippen molar-refractivity contribution in [3.63, 3.8) is 0 Å². The summed E-state index contributed by atoms with van der Waals surface area (Å²) in [7, 11) is 0. The van der Waals surface area contributed by atoms with Crippen molar-refractivity contribution in [2.45, 2.75) is 6.92 Å². The van der Waals surface area contributed by atoms with Gasteiger partial charge in [-0.1, -0.05) is 18.2 Å². The lowest BCUT2D eigenvalue weighted by Gasteiger charge is -2.10. The molecule has 2 aromatic heterocycles. The average molecular weight is 488 g/mol. The van der Waals surface area contributed by atoms with Crippen LogP contribution in [0.2, 0.25) is 0 Å². The number of fused-ring (bicyclic) bond motifs is 1. The van der Waals surface area contributed by atoms with E-state index in [1.165, 1.54) is 12.1 Å². The minimum absolute atomic E-state index is 0.162. The largest absolute Gasteiger partial charge is 0.494 e. The number of carbonyl (C=O) groups excluding carboxylic acids is 1. The molecule has 0 saturated heterocycles. The Balaban J connectivity index is 1.47. The number of amides is 1. The molecule has 3 aromatic carbocycles. The molecule has 0 aliphatic carbocycles. The lowest BCUT2D eigenvalue weighted by atomic mass is 10.0. The zero-order chi connectivity index (χ0) is 24.4. The first-order chi connectivity index (χ1) is 17.0. The van der Waals surface area contributed by atoms with E-state index in [0.717, 1.165) is 28.7 Å². The summed E-state index contributed by atoms with van der Waals surface area (Å²) in [4.78, 5) is 22.3. The lowest BCUT2D eigenvalue weighted by Crippen LogP contribution is -2.13. The Morgan fingerprint density at radius 1 is 0.971 bits per heavy atom. The quantitative estimate of drug-likeness (QED) is 0.281. The minimum Gasteiger partial charge on any atom is -0.494 e.